The molecule has 6 nitrogen and oxygen atoms in total. The van der Waals surface area contributed by atoms with Gasteiger partial charge in [-0.3, -0.25) is 4.79 Å². The molecule has 0 aromatic rings. The number of unbranched alkanes of at least 4 members (excludes halogenated alkanes) is 4. The smallest absolute Gasteiger partial charge is 0.389 e. The number of rotatable bonds is 10. The Morgan fingerprint density at radius 2 is 1.55 bits per heavy atom. The van der Waals surface area contributed by atoms with Crippen molar-refractivity contribution in [3.63, 3.8) is 0 Å². The molecule has 0 aromatic carbocycles. The largest absolute Gasteiger partial charge is 0.459 e. The Kier molecular flexibility index (Phi) is 10.1. The quantitative estimate of drug-likeness (QED) is 0.305. The molecule has 0 aliphatic carbocycles. The minimum atomic E-state index is -4.07. The van der Waals surface area contributed by atoms with Crippen LogP contribution in [0.1, 0.15) is 91.4 Å². The van der Waals surface area contributed by atoms with E-state index in [9.17, 15) is 26.4 Å². The highest BCUT2D eigenvalue weighted by Gasteiger charge is 2.56. The Bertz CT molecular complexity index is 719. The van der Waals surface area contributed by atoms with E-state index in [-0.39, 0.29) is 32.5 Å². The third-order valence-electron chi connectivity index (χ3n) is 6.55. The molecule has 0 radical (unpaired) electrons. The van der Waals surface area contributed by atoms with Crippen molar-refractivity contribution < 1.29 is 35.9 Å². The van der Waals surface area contributed by atoms with Gasteiger partial charge in [0.2, 0.25) is 10.0 Å². The number of sulfonamides is 1. The van der Waals surface area contributed by atoms with Gasteiger partial charge in [-0.05, 0) is 46.0 Å². The van der Waals surface area contributed by atoms with Crippen molar-refractivity contribution in [2.24, 2.45) is 5.92 Å². The molecule has 2 aliphatic heterocycles. The van der Waals surface area contributed by atoms with Crippen molar-refractivity contribution >= 4 is 16.0 Å². The molecule has 10 heteroatoms. The monoisotopic (exact) mass is 499 g/mol. The van der Waals surface area contributed by atoms with E-state index in [1.54, 1.807) is 20.8 Å². The number of piperidine rings is 1. The zero-order valence-corrected chi connectivity index (χ0v) is 21.0. The van der Waals surface area contributed by atoms with Crippen LogP contribution in [0.4, 0.5) is 13.2 Å². The van der Waals surface area contributed by atoms with Gasteiger partial charge in [-0.15, -0.1) is 0 Å². The average Bonchev–Trinajstić information content (AvgIpc) is 2.71. The number of alkyl halides is 3. The van der Waals surface area contributed by atoms with Crippen LogP contribution >= 0.6 is 0 Å². The predicted molar refractivity (Wildman–Crippen MR) is 120 cm³/mol. The first-order valence-corrected chi connectivity index (χ1v) is 13.6. The average molecular weight is 500 g/mol. The van der Waals surface area contributed by atoms with E-state index in [0.717, 1.165) is 38.5 Å². The van der Waals surface area contributed by atoms with Crippen molar-refractivity contribution in [3.8, 4) is 0 Å². The van der Waals surface area contributed by atoms with Crippen LogP contribution in [0.5, 0.6) is 0 Å². The number of esters is 1. The van der Waals surface area contributed by atoms with Gasteiger partial charge in [0, 0.05) is 45.6 Å². The number of hydrogen-bond donors (Lipinski definition) is 0. The van der Waals surface area contributed by atoms with Gasteiger partial charge in [0.25, 0.3) is 0 Å². The summed E-state index contributed by atoms with van der Waals surface area (Å²) in [6, 6.07) is 0. The molecule has 0 spiro atoms. The molecule has 0 atom stereocenters. The lowest BCUT2D eigenvalue weighted by Gasteiger charge is -2.41. The van der Waals surface area contributed by atoms with Crippen LogP contribution in [0.25, 0.3) is 0 Å². The van der Waals surface area contributed by atoms with Crippen LogP contribution in [0.15, 0.2) is 0 Å². The third kappa shape index (κ3) is 8.38. The molecule has 0 aromatic heterocycles. The van der Waals surface area contributed by atoms with Gasteiger partial charge in [-0.2, -0.15) is 13.2 Å². The Morgan fingerprint density at radius 1 is 1.00 bits per heavy atom. The minimum absolute atomic E-state index is 0.0957. The first-order valence-electron chi connectivity index (χ1n) is 12.1. The number of carbonyl (C=O) groups is 1. The van der Waals surface area contributed by atoms with E-state index >= 15 is 0 Å². The van der Waals surface area contributed by atoms with Crippen LogP contribution in [-0.4, -0.2) is 61.5 Å². The number of halogens is 3. The minimum Gasteiger partial charge on any atom is -0.459 e. The topological polar surface area (TPSA) is 72.9 Å². The summed E-state index contributed by atoms with van der Waals surface area (Å²) >= 11 is 0. The maximum absolute atomic E-state index is 13.6. The molecule has 2 saturated heterocycles. The molecule has 0 saturated carbocycles. The van der Waals surface area contributed by atoms with Gasteiger partial charge in [-0.25, -0.2) is 12.7 Å². The van der Waals surface area contributed by atoms with E-state index < -0.39 is 38.9 Å². The molecule has 0 unspecified atom stereocenters. The van der Waals surface area contributed by atoms with Crippen LogP contribution in [-0.2, 0) is 24.3 Å². The molecule has 0 amide bonds. The highest BCUT2D eigenvalue weighted by Crippen LogP contribution is 2.37. The molecule has 33 heavy (non-hydrogen) atoms. The standard InChI is InChI=1S/C23H40F3NO5S/c1-21(2,3)32-20(28)22(13-17-31-18-14-22)33(29,30)27-15-10-19(11-16-27)9-7-5-4-6-8-12-23(24,25)26/h19H,4-18H2,1-3H3. The van der Waals surface area contributed by atoms with E-state index in [1.165, 1.54) is 4.31 Å². The molecular weight excluding hydrogens is 459 g/mol. The molecular formula is C23H40F3NO5S. The van der Waals surface area contributed by atoms with E-state index in [4.69, 9.17) is 9.47 Å². The van der Waals surface area contributed by atoms with Gasteiger partial charge in [-0.1, -0.05) is 32.1 Å². The normalized spacial score (nSPS) is 21.2. The Balaban J connectivity index is 1.84. The Hall–Kier alpha value is -0.870. The summed E-state index contributed by atoms with van der Waals surface area (Å²) in [5, 5.41) is 0. The number of ether oxygens (including phenoxy) is 2. The van der Waals surface area contributed by atoms with Crippen molar-refractivity contribution in [2.75, 3.05) is 26.3 Å². The summed E-state index contributed by atoms with van der Waals surface area (Å²) in [5.41, 5.74) is -0.780. The second kappa shape index (κ2) is 11.7. The maximum atomic E-state index is 13.6. The van der Waals surface area contributed by atoms with Crippen molar-refractivity contribution in [1.29, 1.82) is 0 Å². The fourth-order valence-electron chi connectivity index (χ4n) is 4.61. The summed E-state index contributed by atoms with van der Waals surface area (Å²) < 4.78 is 74.5. The number of hydrogen-bond acceptors (Lipinski definition) is 5. The highest BCUT2D eigenvalue weighted by atomic mass is 32.2. The zero-order valence-electron chi connectivity index (χ0n) is 20.2. The summed E-state index contributed by atoms with van der Waals surface area (Å²) in [7, 11) is -3.90. The third-order valence-corrected chi connectivity index (χ3v) is 9.16. The second-order valence-corrected chi connectivity index (χ2v) is 12.6. The zero-order chi connectivity index (χ0) is 24.8. The molecule has 194 valence electrons. The number of carbonyl (C=O) groups excluding carboxylic acids is 1. The maximum Gasteiger partial charge on any atom is 0.389 e. The van der Waals surface area contributed by atoms with E-state index in [1.807, 2.05) is 0 Å². The molecule has 0 N–H and O–H groups in total. The molecule has 0 bridgehead atoms. The lowest BCUT2D eigenvalue weighted by atomic mass is 9.92. The summed E-state index contributed by atoms with van der Waals surface area (Å²) in [4.78, 5) is 13.0. The first-order chi connectivity index (χ1) is 15.3. The Labute approximate surface area is 196 Å². The van der Waals surface area contributed by atoms with Crippen LogP contribution in [0, 0.1) is 5.92 Å². The lowest BCUT2D eigenvalue weighted by Crippen LogP contribution is -2.59. The summed E-state index contributed by atoms with van der Waals surface area (Å²) in [6.07, 6.45) is 1.25. The van der Waals surface area contributed by atoms with Gasteiger partial charge in [0.15, 0.2) is 4.75 Å². The number of nitrogens with zero attached hydrogens (tertiary/aromatic N) is 1. The lowest BCUT2D eigenvalue weighted by molar-refractivity contribution is -0.161. The van der Waals surface area contributed by atoms with Crippen LogP contribution in [0.2, 0.25) is 0 Å². The first kappa shape index (κ1) is 28.4. The van der Waals surface area contributed by atoms with Crippen LogP contribution in [0.3, 0.4) is 0 Å². The highest BCUT2D eigenvalue weighted by molar-refractivity contribution is 7.91. The van der Waals surface area contributed by atoms with Gasteiger partial charge >= 0.3 is 12.1 Å². The fraction of sp³-hybridized carbons (Fsp3) is 0.957. The molecule has 2 aliphatic rings. The Morgan fingerprint density at radius 3 is 2.09 bits per heavy atom. The SMILES string of the molecule is CC(C)(C)OC(=O)C1(S(=O)(=O)N2CCC(CCCCCCCC(F)(F)F)CC2)CCOCC1. The molecule has 2 rings (SSSR count). The van der Waals surface area contributed by atoms with Crippen molar-refractivity contribution in [2.45, 2.75) is 108 Å². The van der Waals surface area contributed by atoms with Crippen LogP contribution < -0.4 is 0 Å². The second-order valence-electron chi connectivity index (χ2n) is 10.4. The molecule has 2 fully saturated rings. The summed E-state index contributed by atoms with van der Waals surface area (Å²) in [5.74, 6) is -0.287. The van der Waals surface area contributed by atoms with Gasteiger partial charge in [0.05, 0.1) is 0 Å². The van der Waals surface area contributed by atoms with Crippen molar-refractivity contribution in [3.05, 3.63) is 0 Å². The van der Waals surface area contributed by atoms with E-state index in [2.05, 4.69) is 0 Å². The van der Waals surface area contributed by atoms with Crippen molar-refractivity contribution in [1.82, 2.24) is 4.31 Å². The van der Waals surface area contributed by atoms with E-state index in [0.29, 0.717) is 25.4 Å². The van der Waals surface area contributed by atoms with Gasteiger partial charge < -0.3 is 9.47 Å². The fourth-order valence-corrected chi connectivity index (χ4v) is 6.73. The summed E-state index contributed by atoms with van der Waals surface area (Å²) in [6.45, 7) is 6.36. The molecule has 2 heterocycles. The van der Waals surface area contributed by atoms with Gasteiger partial charge in [0.1, 0.15) is 5.60 Å². The predicted octanol–water partition coefficient (Wildman–Crippen LogP) is 5.21.